The van der Waals surface area contributed by atoms with E-state index in [1.165, 1.54) is 11.6 Å². The summed E-state index contributed by atoms with van der Waals surface area (Å²) in [4.78, 5) is 12.3. The third kappa shape index (κ3) is 5.32. The maximum atomic E-state index is 12.6. The van der Waals surface area contributed by atoms with Crippen LogP contribution in [0, 0.1) is 0 Å². The summed E-state index contributed by atoms with van der Waals surface area (Å²) >= 11 is 1.07. The Balaban J connectivity index is 1.91. The Kier molecular flexibility index (Phi) is 5.71. The molecule has 0 unspecified atom stereocenters. The molecular weight excluding hydrogens is 323 g/mol. The lowest BCUT2D eigenvalue weighted by molar-refractivity contribution is -0.137. The van der Waals surface area contributed by atoms with E-state index >= 15 is 0 Å². The van der Waals surface area contributed by atoms with Crippen molar-refractivity contribution in [1.82, 2.24) is 0 Å². The minimum atomic E-state index is -4.38. The van der Waals surface area contributed by atoms with E-state index in [1.54, 1.807) is 6.07 Å². The van der Waals surface area contributed by atoms with E-state index < -0.39 is 11.7 Å². The van der Waals surface area contributed by atoms with Gasteiger partial charge in [0.05, 0.1) is 11.3 Å². The van der Waals surface area contributed by atoms with Crippen LogP contribution in [0.1, 0.15) is 18.1 Å². The number of amides is 1. The molecule has 2 rings (SSSR count). The number of alkyl halides is 3. The summed E-state index contributed by atoms with van der Waals surface area (Å²) in [5, 5.41) is 2.73. The van der Waals surface area contributed by atoms with Crippen LogP contribution in [0.3, 0.4) is 0 Å². The van der Waals surface area contributed by atoms with Gasteiger partial charge in [0, 0.05) is 10.6 Å². The predicted octanol–water partition coefficient (Wildman–Crippen LogP) is 5.00. The topological polar surface area (TPSA) is 29.1 Å². The number of carbonyl (C=O) groups excluding carboxylic acids is 1. The molecule has 2 aromatic carbocycles. The Morgan fingerprint density at radius 3 is 2.43 bits per heavy atom. The molecule has 122 valence electrons. The monoisotopic (exact) mass is 339 g/mol. The van der Waals surface area contributed by atoms with Gasteiger partial charge in [-0.25, -0.2) is 0 Å². The lowest BCUT2D eigenvalue weighted by Gasteiger charge is -2.09. The van der Waals surface area contributed by atoms with Gasteiger partial charge in [-0.2, -0.15) is 13.2 Å². The number of anilines is 1. The first kappa shape index (κ1) is 17.4. The van der Waals surface area contributed by atoms with E-state index in [0.29, 0.717) is 10.6 Å². The summed E-state index contributed by atoms with van der Waals surface area (Å²) < 4.78 is 37.9. The first-order valence-corrected chi connectivity index (χ1v) is 8.06. The number of nitrogens with one attached hydrogen (secondary N) is 1. The summed E-state index contributed by atoms with van der Waals surface area (Å²) in [6.07, 6.45) is -3.46. The molecule has 0 aliphatic heterocycles. The van der Waals surface area contributed by atoms with Gasteiger partial charge in [0.25, 0.3) is 0 Å². The average Bonchev–Trinajstić information content (AvgIpc) is 2.53. The van der Waals surface area contributed by atoms with E-state index in [2.05, 4.69) is 5.32 Å². The second-order valence-corrected chi connectivity index (χ2v) is 5.96. The van der Waals surface area contributed by atoms with Crippen LogP contribution >= 0.6 is 11.8 Å². The van der Waals surface area contributed by atoms with E-state index in [4.69, 9.17) is 0 Å². The Bertz CT molecular complexity index is 668. The number of halogens is 3. The fraction of sp³-hybridized carbons (Fsp3) is 0.235. The molecule has 2 nitrogen and oxygen atoms in total. The van der Waals surface area contributed by atoms with E-state index in [-0.39, 0.29) is 11.7 Å². The predicted molar refractivity (Wildman–Crippen MR) is 86.6 cm³/mol. The Hall–Kier alpha value is -1.95. The van der Waals surface area contributed by atoms with E-state index in [1.807, 2.05) is 31.2 Å². The minimum Gasteiger partial charge on any atom is -0.325 e. The van der Waals surface area contributed by atoms with Crippen molar-refractivity contribution in [3.05, 3.63) is 59.7 Å². The molecule has 0 fully saturated rings. The molecule has 23 heavy (non-hydrogen) atoms. The highest BCUT2D eigenvalue weighted by Crippen LogP contribution is 2.31. The number of benzene rings is 2. The van der Waals surface area contributed by atoms with Gasteiger partial charge in [-0.05, 0) is 42.3 Å². The molecule has 0 aliphatic rings. The summed E-state index contributed by atoms with van der Waals surface area (Å²) in [5.74, 6) is -0.201. The third-order valence-electron chi connectivity index (χ3n) is 3.18. The molecule has 0 bridgehead atoms. The van der Waals surface area contributed by atoms with Gasteiger partial charge in [0.15, 0.2) is 0 Å². The van der Waals surface area contributed by atoms with Crippen LogP contribution < -0.4 is 5.32 Å². The normalized spacial score (nSPS) is 11.3. The fourth-order valence-electron chi connectivity index (χ4n) is 1.93. The highest BCUT2D eigenvalue weighted by molar-refractivity contribution is 8.00. The van der Waals surface area contributed by atoms with Crippen molar-refractivity contribution in [3.8, 4) is 0 Å². The second kappa shape index (κ2) is 7.55. The number of thioether (sulfide) groups is 1. The average molecular weight is 339 g/mol. The van der Waals surface area contributed by atoms with Crippen molar-refractivity contribution in [2.45, 2.75) is 24.4 Å². The molecule has 0 heterocycles. The Morgan fingerprint density at radius 2 is 1.83 bits per heavy atom. The van der Waals surface area contributed by atoms with Crippen molar-refractivity contribution in [2.75, 3.05) is 11.1 Å². The zero-order chi connectivity index (χ0) is 16.9. The Labute approximate surface area is 137 Å². The summed E-state index contributed by atoms with van der Waals surface area (Å²) in [6, 6.07) is 12.4. The first-order chi connectivity index (χ1) is 10.9. The second-order valence-electron chi connectivity index (χ2n) is 4.91. The van der Waals surface area contributed by atoms with Crippen LogP contribution in [0.15, 0.2) is 53.4 Å². The minimum absolute atomic E-state index is 0.0524. The standard InChI is InChI=1S/C17H16F3NOS/c1-2-12-6-8-14(9-7-12)21-16(22)11-23-15-5-3-4-13(10-15)17(18,19)20/h3-10H,2,11H2,1H3,(H,21,22). The number of hydrogen-bond acceptors (Lipinski definition) is 2. The van der Waals surface area contributed by atoms with Crippen molar-refractivity contribution in [3.63, 3.8) is 0 Å². The maximum Gasteiger partial charge on any atom is 0.416 e. The number of aryl methyl sites for hydroxylation is 1. The van der Waals surface area contributed by atoms with Crippen molar-refractivity contribution in [1.29, 1.82) is 0 Å². The molecule has 6 heteroatoms. The smallest absolute Gasteiger partial charge is 0.325 e. The molecule has 1 N–H and O–H groups in total. The summed E-state index contributed by atoms with van der Waals surface area (Å²) in [7, 11) is 0. The van der Waals surface area contributed by atoms with E-state index in [9.17, 15) is 18.0 Å². The van der Waals surface area contributed by atoms with E-state index in [0.717, 1.165) is 30.3 Å². The maximum absolute atomic E-state index is 12.6. The first-order valence-electron chi connectivity index (χ1n) is 7.07. The molecule has 0 spiro atoms. The molecular formula is C17H16F3NOS. The van der Waals surface area contributed by atoms with Crippen LogP contribution in [-0.4, -0.2) is 11.7 Å². The summed E-state index contributed by atoms with van der Waals surface area (Å²) in [6.45, 7) is 2.04. The van der Waals surface area contributed by atoms with Crippen molar-refractivity contribution >= 4 is 23.4 Å². The SMILES string of the molecule is CCc1ccc(NC(=O)CSc2cccc(C(F)(F)F)c2)cc1. The molecule has 0 aromatic heterocycles. The van der Waals surface area contributed by atoms with Crippen molar-refractivity contribution in [2.24, 2.45) is 0 Å². The highest BCUT2D eigenvalue weighted by Gasteiger charge is 2.30. The lowest BCUT2D eigenvalue weighted by Crippen LogP contribution is -2.14. The van der Waals surface area contributed by atoms with Gasteiger partial charge in [-0.15, -0.1) is 11.8 Å². The quantitative estimate of drug-likeness (QED) is 0.777. The number of rotatable bonds is 5. The Morgan fingerprint density at radius 1 is 1.13 bits per heavy atom. The molecule has 2 aromatic rings. The third-order valence-corrected chi connectivity index (χ3v) is 4.17. The van der Waals surface area contributed by atoms with Gasteiger partial charge in [0.1, 0.15) is 0 Å². The van der Waals surface area contributed by atoms with Crippen LogP contribution in [-0.2, 0) is 17.4 Å². The zero-order valence-electron chi connectivity index (χ0n) is 12.5. The molecule has 1 amide bonds. The van der Waals surface area contributed by atoms with Gasteiger partial charge in [0.2, 0.25) is 5.91 Å². The van der Waals surface area contributed by atoms with Crippen LogP contribution in [0.2, 0.25) is 0 Å². The van der Waals surface area contributed by atoms with Crippen LogP contribution in [0.4, 0.5) is 18.9 Å². The van der Waals surface area contributed by atoms with Gasteiger partial charge in [-0.1, -0.05) is 25.1 Å². The molecule has 0 aliphatic carbocycles. The van der Waals surface area contributed by atoms with Crippen LogP contribution in [0.5, 0.6) is 0 Å². The fourth-order valence-corrected chi connectivity index (χ4v) is 2.69. The van der Waals surface area contributed by atoms with Crippen molar-refractivity contribution < 1.29 is 18.0 Å². The summed E-state index contributed by atoms with van der Waals surface area (Å²) in [5.41, 5.74) is 1.14. The zero-order valence-corrected chi connectivity index (χ0v) is 13.3. The highest BCUT2D eigenvalue weighted by atomic mass is 32.2. The molecule has 0 atom stereocenters. The number of hydrogen-bond donors (Lipinski definition) is 1. The van der Waals surface area contributed by atoms with Gasteiger partial charge >= 0.3 is 6.18 Å². The molecule has 0 saturated carbocycles. The molecule has 0 radical (unpaired) electrons. The largest absolute Gasteiger partial charge is 0.416 e. The molecule has 0 saturated heterocycles. The van der Waals surface area contributed by atoms with Gasteiger partial charge < -0.3 is 5.32 Å². The van der Waals surface area contributed by atoms with Gasteiger partial charge in [-0.3, -0.25) is 4.79 Å². The lowest BCUT2D eigenvalue weighted by atomic mass is 10.1. The van der Waals surface area contributed by atoms with Crippen LogP contribution in [0.25, 0.3) is 0 Å². The number of carbonyl (C=O) groups is 1.